The zero-order valence-corrected chi connectivity index (χ0v) is 26.8. The first-order valence-corrected chi connectivity index (χ1v) is 15.2. The van der Waals surface area contributed by atoms with E-state index in [1.165, 1.54) is 12.1 Å². The molecule has 0 aliphatic rings. The lowest BCUT2D eigenvalue weighted by atomic mass is 9.98. The quantitative estimate of drug-likeness (QED) is 0.201. The first-order chi connectivity index (χ1) is 19.7. The van der Waals surface area contributed by atoms with Gasteiger partial charge >= 0.3 is 6.09 Å². The maximum Gasteiger partial charge on any atom is 0.408 e. The van der Waals surface area contributed by atoms with E-state index >= 15 is 0 Å². The molecule has 0 aliphatic heterocycles. The monoisotopic (exact) mass is 581 g/mol. The second kappa shape index (κ2) is 16.2. The molecule has 3 N–H and O–H groups in total. The van der Waals surface area contributed by atoms with E-state index in [0.717, 1.165) is 36.8 Å². The van der Waals surface area contributed by atoms with Gasteiger partial charge in [-0.1, -0.05) is 76.8 Å². The molecule has 8 heteroatoms. The highest BCUT2D eigenvalue weighted by atomic mass is 16.6. The number of para-hydroxylation sites is 1. The number of carbonyl (C=O) groups is 3. The van der Waals surface area contributed by atoms with E-state index in [2.05, 4.69) is 17.6 Å². The van der Waals surface area contributed by atoms with Crippen LogP contribution in [0.5, 0.6) is 5.75 Å². The van der Waals surface area contributed by atoms with Gasteiger partial charge in [0, 0.05) is 12.2 Å². The standard InChI is InChI=1S/C34H51N3O5/c1-9-10-11-12-13-21-37(32(40)28(22-23(2)3)35-33(41)42-34(6,7)8)30(26-17-19-27(38)20-18-26)31(39)36-29-24(4)15-14-16-25(29)5/h14-20,23,28,30,38H,9-13,21-22H2,1-8H3,(H,35,41)(H,36,39). The zero-order valence-electron chi connectivity index (χ0n) is 26.8. The molecule has 0 heterocycles. The Hall–Kier alpha value is -3.55. The van der Waals surface area contributed by atoms with Gasteiger partial charge in [-0.05, 0) is 82.2 Å². The number of phenolic OH excluding ortho intramolecular Hbond substituents is 1. The molecule has 3 amide bonds. The fraction of sp³-hybridized carbons (Fsp3) is 0.559. The van der Waals surface area contributed by atoms with Crippen LogP contribution in [0.3, 0.4) is 0 Å². The van der Waals surface area contributed by atoms with Crippen LogP contribution in [0.1, 0.15) is 103 Å². The minimum Gasteiger partial charge on any atom is -0.508 e. The highest BCUT2D eigenvalue weighted by Gasteiger charge is 2.36. The van der Waals surface area contributed by atoms with Crippen molar-refractivity contribution in [1.82, 2.24) is 10.2 Å². The van der Waals surface area contributed by atoms with Gasteiger partial charge in [-0.25, -0.2) is 4.79 Å². The highest BCUT2D eigenvalue weighted by molar-refractivity contribution is 5.99. The Morgan fingerprint density at radius 3 is 2.07 bits per heavy atom. The molecule has 0 saturated heterocycles. The predicted molar refractivity (Wildman–Crippen MR) is 168 cm³/mol. The van der Waals surface area contributed by atoms with Crippen LogP contribution in [0.2, 0.25) is 0 Å². The molecule has 42 heavy (non-hydrogen) atoms. The van der Waals surface area contributed by atoms with E-state index in [1.54, 1.807) is 37.8 Å². The molecular formula is C34H51N3O5. The molecule has 2 aromatic rings. The number of hydrogen-bond acceptors (Lipinski definition) is 5. The number of nitrogens with one attached hydrogen (secondary N) is 2. The molecule has 2 aromatic carbocycles. The number of rotatable bonds is 14. The molecule has 0 fully saturated rings. The van der Waals surface area contributed by atoms with E-state index in [9.17, 15) is 19.5 Å². The lowest BCUT2D eigenvalue weighted by Gasteiger charge is -2.35. The van der Waals surface area contributed by atoms with Crippen molar-refractivity contribution < 1.29 is 24.2 Å². The molecule has 0 spiro atoms. The Labute approximate surface area is 252 Å². The smallest absolute Gasteiger partial charge is 0.408 e. The molecule has 2 atom stereocenters. The summed E-state index contributed by atoms with van der Waals surface area (Å²) in [4.78, 5) is 43.0. The number of carbonyl (C=O) groups excluding carboxylic acids is 3. The fourth-order valence-electron chi connectivity index (χ4n) is 4.93. The third-order valence-corrected chi connectivity index (χ3v) is 6.98. The Morgan fingerprint density at radius 2 is 1.52 bits per heavy atom. The van der Waals surface area contributed by atoms with Crippen molar-refractivity contribution >= 4 is 23.6 Å². The van der Waals surface area contributed by atoms with Crippen molar-refractivity contribution in [2.24, 2.45) is 5.92 Å². The van der Waals surface area contributed by atoms with Crippen LogP contribution in [-0.2, 0) is 14.3 Å². The van der Waals surface area contributed by atoms with Crippen LogP contribution in [0, 0.1) is 19.8 Å². The normalized spacial score (nSPS) is 12.9. The maximum atomic E-state index is 14.4. The lowest BCUT2D eigenvalue weighted by molar-refractivity contribution is -0.141. The summed E-state index contributed by atoms with van der Waals surface area (Å²) in [6, 6.07) is 10.3. The molecule has 0 aromatic heterocycles. The molecule has 0 saturated carbocycles. The number of nitrogens with zero attached hydrogens (tertiary/aromatic N) is 1. The van der Waals surface area contributed by atoms with Crippen molar-refractivity contribution in [2.45, 2.75) is 112 Å². The summed E-state index contributed by atoms with van der Waals surface area (Å²) in [7, 11) is 0. The summed E-state index contributed by atoms with van der Waals surface area (Å²) in [6.45, 7) is 15.6. The van der Waals surface area contributed by atoms with Crippen LogP contribution in [0.25, 0.3) is 0 Å². The first kappa shape index (κ1) is 34.7. The largest absolute Gasteiger partial charge is 0.508 e. The number of ether oxygens (including phenoxy) is 1. The van der Waals surface area contributed by atoms with Crippen LogP contribution >= 0.6 is 0 Å². The third kappa shape index (κ3) is 11.0. The van der Waals surface area contributed by atoms with Gasteiger partial charge in [0.15, 0.2) is 0 Å². The number of anilines is 1. The van der Waals surface area contributed by atoms with Gasteiger partial charge in [-0.2, -0.15) is 0 Å². The molecule has 0 radical (unpaired) electrons. The zero-order chi connectivity index (χ0) is 31.4. The SMILES string of the molecule is CCCCCCCN(C(=O)C(CC(C)C)NC(=O)OC(C)(C)C)C(C(=O)Nc1c(C)cccc1C)c1ccc(O)cc1. The van der Waals surface area contributed by atoms with Crippen LogP contribution in [-0.4, -0.2) is 46.1 Å². The number of aromatic hydroxyl groups is 1. The topological polar surface area (TPSA) is 108 Å². The number of hydrogen-bond donors (Lipinski definition) is 3. The molecule has 0 bridgehead atoms. The number of amides is 3. The Bertz CT molecular complexity index is 1150. The van der Waals surface area contributed by atoms with Crippen molar-refractivity contribution in [1.29, 1.82) is 0 Å². The van der Waals surface area contributed by atoms with Crippen molar-refractivity contribution in [3.05, 3.63) is 59.2 Å². The van der Waals surface area contributed by atoms with Crippen molar-refractivity contribution in [3.8, 4) is 5.75 Å². The van der Waals surface area contributed by atoms with E-state index in [-0.39, 0.29) is 23.5 Å². The van der Waals surface area contributed by atoms with E-state index in [1.807, 2.05) is 45.9 Å². The number of alkyl carbamates (subject to hydrolysis) is 1. The van der Waals surface area contributed by atoms with Gasteiger partial charge in [0.05, 0.1) is 0 Å². The summed E-state index contributed by atoms with van der Waals surface area (Å²) in [5, 5.41) is 15.9. The summed E-state index contributed by atoms with van der Waals surface area (Å²) in [5.41, 5.74) is 2.37. The molecular weight excluding hydrogens is 530 g/mol. The minimum atomic E-state index is -0.988. The Morgan fingerprint density at radius 1 is 0.929 bits per heavy atom. The second-order valence-corrected chi connectivity index (χ2v) is 12.5. The number of unbranched alkanes of at least 4 members (excludes halogenated alkanes) is 4. The van der Waals surface area contributed by atoms with Crippen LogP contribution < -0.4 is 10.6 Å². The lowest BCUT2D eigenvalue weighted by Crippen LogP contribution is -2.53. The molecule has 2 unspecified atom stereocenters. The average Bonchev–Trinajstić information content (AvgIpc) is 2.88. The van der Waals surface area contributed by atoms with E-state index in [0.29, 0.717) is 30.6 Å². The summed E-state index contributed by atoms with van der Waals surface area (Å²) < 4.78 is 5.49. The summed E-state index contributed by atoms with van der Waals surface area (Å²) >= 11 is 0. The summed E-state index contributed by atoms with van der Waals surface area (Å²) in [5.74, 6) is -0.550. The highest BCUT2D eigenvalue weighted by Crippen LogP contribution is 2.29. The summed E-state index contributed by atoms with van der Waals surface area (Å²) in [6.07, 6.45) is 4.54. The first-order valence-electron chi connectivity index (χ1n) is 15.2. The average molecular weight is 582 g/mol. The molecule has 8 nitrogen and oxygen atoms in total. The number of benzene rings is 2. The second-order valence-electron chi connectivity index (χ2n) is 12.5. The van der Waals surface area contributed by atoms with Crippen molar-refractivity contribution in [3.63, 3.8) is 0 Å². The van der Waals surface area contributed by atoms with Crippen LogP contribution in [0.15, 0.2) is 42.5 Å². The minimum absolute atomic E-state index is 0.0642. The Balaban J connectivity index is 2.56. The van der Waals surface area contributed by atoms with Crippen LogP contribution in [0.4, 0.5) is 10.5 Å². The van der Waals surface area contributed by atoms with Gasteiger partial charge in [0.1, 0.15) is 23.4 Å². The fourth-order valence-corrected chi connectivity index (χ4v) is 4.93. The van der Waals surface area contributed by atoms with Gasteiger partial charge < -0.3 is 25.4 Å². The molecule has 0 aliphatic carbocycles. The number of aryl methyl sites for hydroxylation is 2. The van der Waals surface area contributed by atoms with Gasteiger partial charge in [0.2, 0.25) is 5.91 Å². The third-order valence-electron chi connectivity index (χ3n) is 6.98. The van der Waals surface area contributed by atoms with Gasteiger partial charge in [-0.15, -0.1) is 0 Å². The van der Waals surface area contributed by atoms with Gasteiger partial charge in [-0.3, -0.25) is 9.59 Å². The Kier molecular flexibility index (Phi) is 13.4. The maximum absolute atomic E-state index is 14.4. The number of phenols is 1. The molecule has 2 rings (SSSR count). The van der Waals surface area contributed by atoms with E-state index in [4.69, 9.17) is 4.74 Å². The predicted octanol–water partition coefficient (Wildman–Crippen LogP) is 7.43. The van der Waals surface area contributed by atoms with E-state index < -0.39 is 23.8 Å². The molecule has 232 valence electrons. The van der Waals surface area contributed by atoms with Gasteiger partial charge in [0.25, 0.3) is 5.91 Å². The van der Waals surface area contributed by atoms with Crippen molar-refractivity contribution in [2.75, 3.05) is 11.9 Å².